The number of fused-ring (bicyclic) bond motifs is 2. The minimum absolute atomic E-state index is 0.00599. The van der Waals surface area contributed by atoms with Crippen LogP contribution in [0.15, 0.2) is 94.2 Å². The van der Waals surface area contributed by atoms with Crippen LogP contribution in [0.5, 0.6) is 0 Å². The Morgan fingerprint density at radius 3 is 1.24 bits per heavy atom. The molecule has 10 atom stereocenters. The van der Waals surface area contributed by atoms with Gasteiger partial charge >= 0.3 is 11.9 Å². The molecule has 92 heavy (non-hydrogen) atoms. The van der Waals surface area contributed by atoms with Gasteiger partial charge in [0.1, 0.15) is 19.3 Å². The minimum Gasteiger partial charge on any atom is -0.480 e. The van der Waals surface area contributed by atoms with E-state index in [0.29, 0.717) is 11.8 Å². The Hall–Kier alpha value is -2.51. The van der Waals surface area contributed by atoms with Crippen LogP contribution in [0.3, 0.4) is 0 Å². The van der Waals surface area contributed by atoms with Gasteiger partial charge < -0.3 is 37.0 Å². The van der Waals surface area contributed by atoms with Crippen LogP contribution in [-0.4, -0.2) is 106 Å². The quantitative estimate of drug-likeness (QED) is 0.0761. The maximum absolute atomic E-state index is 12.8. The number of aliphatic carboxylic acids is 1. The lowest BCUT2D eigenvalue weighted by Gasteiger charge is -2.45. The van der Waals surface area contributed by atoms with Crippen LogP contribution in [0.2, 0.25) is 72.5 Å². The zero-order chi connectivity index (χ0) is 69.0. The van der Waals surface area contributed by atoms with Crippen LogP contribution in [0.1, 0.15) is 233 Å². The van der Waals surface area contributed by atoms with Gasteiger partial charge in [0.05, 0.1) is 36.6 Å². The van der Waals surface area contributed by atoms with Gasteiger partial charge in [-0.25, -0.2) is 9.59 Å². The Bertz CT molecular complexity index is 2780. The molecule has 5 fully saturated rings. The third-order valence-corrected chi connectivity index (χ3v) is 42.9. The molecule has 0 bridgehead atoms. The Labute approximate surface area is 566 Å². The maximum atomic E-state index is 12.8. The van der Waals surface area contributed by atoms with Gasteiger partial charge in [0.15, 0.2) is 33.3 Å². The Morgan fingerprint density at radius 1 is 0.533 bits per heavy atom. The molecule has 0 saturated heterocycles. The lowest BCUT2D eigenvalue weighted by atomic mass is 9.63. The fourth-order valence-electron chi connectivity index (χ4n) is 14.8. The van der Waals surface area contributed by atoms with E-state index in [1.54, 1.807) is 0 Å². The summed E-state index contributed by atoms with van der Waals surface area (Å²) < 4.78 is 46.0. The van der Waals surface area contributed by atoms with Crippen LogP contribution in [0.4, 0.5) is 0 Å². The van der Waals surface area contributed by atoms with Gasteiger partial charge in [-0.1, -0.05) is 177 Å². The molecule has 1 N–H and O–H groups in total. The topological polar surface area (TPSA) is 119 Å². The first kappa shape index (κ1) is 78.5. The molecular weight excluding hydrogens is 1210 g/mol. The maximum Gasteiger partial charge on any atom is 0.332 e. The van der Waals surface area contributed by atoms with Crippen molar-refractivity contribution in [3.63, 3.8) is 0 Å². The summed E-state index contributed by atoms with van der Waals surface area (Å²) in [4.78, 5) is 23.9. The van der Waals surface area contributed by atoms with E-state index in [9.17, 15) is 9.59 Å². The van der Waals surface area contributed by atoms with E-state index >= 15 is 0 Å². The summed E-state index contributed by atoms with van der Waals surface area (Å²) in [5.41, 5.74) is 10.5. The predicted octanol–water partition coefficient (Wildman–Crippen LogP) is 21.8. The highest BCUT2D eigenvalue weighted by atomic mass is 28.4. The molecule has 0 aromatic carbocycles. The van der Waals surface area contributed by atoms with Crippen molar-refractivity contribution >= 4 is 45.2 Å². The van der Waals surface area contributed by atoms with Crippen molar-refractivity contribution in [2.75, 3.05) is 13.2 Å². The van der Waals surface area contributed by atoms with E-state index in [1.807, 2.05) is 6.92 Å². The molecule has 0 radical (unpaired) electrons. The number of carbonyl (C=O) groups excluding carboxylic acids is 1. The van der Waals surface area contributed by atoms with Crippen LogP contribution >= 0.6 is 0 Å². The highest BCUT2D eigenvalue weighted by Gasteiger charge is 2.50. The van der Waals surface area contributed by atoms with E-state index < -0.39 is 39.2 Å². The zero-order valence-electron chi connectivity index (χ0n) is 63.0. The van der Waals surface area contributed by atoms with Crippen molar-refractivity contribution < 1.29 is 46.6 Å². The van der Waals surface area contributed by atoms with Crippen LogP contribution in [0, 0.1) is 22.7 Å². The molecule has 10 nitrogen and oxygen atoms in total. The normalized spacial score (nSPS) is 30.3. The number of carboxylic acids is 1. The van der Waals surface area contributed by atoms with Crippen molar-refractivity contribution in [1.29, 1.82) is 0 Å². The molecule has 14 heteroatoms. The smallest absolute Gasteiger partial charge is 0.332 e. The van der Waals surface area contributed by atoms with E-state index in [0.717, 1.165) is 114 Å². The number of esters is 1. The van der Waals surface area contributed by atoms with E-state index in [2.05, 4.69) is 206 Å². The van der Waals surface area contributed by atoms with E-state index in [1.165, 1.54) is 52.7 Å². The lowest BCUT2D eigenvalue weighted by molar-refractivity contribution is -0.156. The third-order valence-electron chi connectivity index (χ3n) is 24.8. The van der Waals surface area contributed by atoms with Gasteiger partial charge in [0.25, 0.3) is 0 Å². The molecule has 7 aliphatic rings. The second-order valence-corrected chi connectivity index (χ2v) is 54.8. The number of carbonyl (C=O) groups is 2. The first-order chi connectivity index (χ1) is 42.2. The number of hydrogen-bond donors (Lipinski definition) is 1. The molecule has 522 valence electrons. The van der Waals surface area contributed by atoms with Gasteiger partial charge in [0.2, 0.25) is 0 Å². The van der Waals surface area contributed by atoms with Crippen molar-refractivity contribution in [2.45, 2.75) is 348 Å². The zero-order valence-corrected chi connectivity index (χ0v) is 67.0. The Morgan fingerprint density at radius 2 is 0.880 bits per heavy atom. The van der Waals surface area contributed by atoms with Crippen molar-refractivity contribution in [1.82, 2.24) is 0 Å². The number of hydrogen-bond acceptors (Lipinski definition) is 9. The molecular formula is C78H134O10Si4. The highest BCUT2D eigenvalue weighted by Crippen LogP contribution is 2.58. The van der Waals surface area contributed by atoms with Crippen molar-refractivity contribution in [3.05, 3.63) is 94.2 Å². The summed E-state index contributed by atoms with van der Waals surface area (Å²) in [5.74, 6) is -0.258. The SMILES string of the molecule is C=C1C(=CC=C2CCC[C@]3(C)C([C@H](C)OCC(=O)O)=CCC23)C[C@@H](O[Si](C)(C)C(C)(C)C)C[C@@H]1O[Si](C)(C)C(C)(C)C.C=C1C(=CC=C2CCC[C@]3(C)C([C@H](C)OCC(=O)OC4CCCCCCC4)=CC[C@@H]23)C[C@@H](O[Si](C)(C)C(C)(C)C)C[C@@H]1O[Si](C)(C)C(C)(C)C. The molecule has 1 unspecified atom stereocenters. The monoisotopic (exact) mass is 1340 g/mol. The molecule has 0 amide bonds. The lowest BCUT2D eigenvalue weighted by Crippen LogP contribution is -2.49. The predicted molar refractivity (Wildman–Crippen MR) is 394 cm³/mol. The fourth-order valence-corrected chi connectivity index (χ4v) is 20.2. The van der Waals surface area contributed by atoms with Gasteiger partial charge in [0, 0.05) is 12.8 Å². The number of rotatable bonds is 19. The summed E-state index contributed by atoms with van der Waals surface area (Å²) in [6, 6.07) is 0. The summed E-state index contributed by atoms with van der Waals surface area (Å²) >= 11 is 0. The third kappa shape index (κ3) is 19.4. The molecule has 0 aliphatic heterocycles. The van der Waals surface area contributed by atoms with Gasteiger partial charge in [-0.3, -0.25) is 0 Å². The summed E-state index contributed by atoms with van der Waals surface area (Å²) in [5, 5.41) is 9.67. The van der Waals surface area contributed by atoms with Crippen molar-refractivity contribution in [3.8, 4) is 0 Å². The minimum atomic E-state index is -2.01. The van der Waals surface area contributed by atoms with Gasteiger partial charge in [-0.2, -0.15) is 0 Å². The molecule has 5 saturated carbocycles. The van der Waals surface area contributed by atoms with Crippen LogP contribution < -0.4 is 0 Å². The van der Waals surface area contributed by atoms with Crippen molar-refractivity contribution in [2.24, 2.45) is 22.7 Å². The van der Waals surface area contributed by atoms with E-state index in [4.69, 9.17) is 37.0 Å². The molecule has 0 heterocycles. The highest BCUT2D eigenvalue weighted by molar-refractivity contribution is 6.75. The van der Waals surface area contributed by atoms with Gasteiger partial charge in [-0.15, -0.1) is 0 Å². The fraction of sp³-hybridized carbons (Fsp3) is 0.769. The standard InChI is InChI=1S/C43H74O5Si2.C35H60O5Si2/c1-31-34(28-36(47-49(10,11)41(3,4)5)29-39(31)48-50(12,13)42(6,7)8)24-23-33-20-19-27-43(9)37(25-26-38(33)43)32(2)45-30-40(44)46-35-21-17-15-14-16-18-22-35;1-24-27(17-16-26-15-14-20-35(9)29(18-19-30(26)35)25(2)38-23-32(36)37)21-28(39-41(10,11)33(3,4)5)22-31(24)40-42(12,13)34(6,7)8/h23-25,32,35-36,38-39H,1,14-22,26-30H2,2-13H3;16-18,25,28,30-31H,1,14-15,19-23H2,2-13H3,(H,36,37)/t32-,36+,38-,39-,43+;25-,28+,30?,31-,35+/m00/s1. The average Bonchev–Trinajstić information content (AvgIpc) is 1.57. The molecule has 7 rings (SSSR count). The van der Waals surface area contributed by atoms with Crippen LogP contribution in [-0.2, 0) is 41.5 Å². The Kier molecular flexibility index (Phi) is 26.2. The molecule has 0 spiro atoms. The largest absolute Gasteiger partial charge is 0.480 e. The van der Waals surface area contributed by atoms with Gasteiger partial charge in [-0.05, 0) is 232 Å². The molecule has 0 aromatic rings. The number of allylic oxidation sites excluding steroid dienone is 8. The summed E-state index contributed by atoms with van der Waals surface area (Å²) in [7, 11) is -7.94. The molecule has 7 aliphatic carbocycles. The molecule has 0 aromatic heterocycles. The second kappa shape index (κ2) is 30.7. The Balaban J connectivity index is 0.000000297. The van der Waals surface area contributed by atoms with E-state index in [-0.39, 0.29) is 92.9 Å². The number of carboxylic acid groups (broad SMARTS) is 1. The first-order valence-electron chi connectivity index (χ1n) is 36.2. The second-order valence-electron chi connectivity index (χ2n) is 35.7. The number of ether oxygens (including phenoxy) is 3. The summed E-state index contributed by atoms with van der Waals surface area (Å²) in [6.45, 7) is 64.5. The summed E-state index contributed by atoms with van der Waals surface area (Å²) in [6.07, 6.45) is 34.5. The van der Waals surface area contributed by atoms with Crippen LogP contribution in [0.25, 0.3) is 0 Å². The average molecular weight is 1340 g/mol. The first-order valence-corrected chi connectivity index (χ1v) is 47.8.